The van der Waals surface area contributed by atoms with E-state index in [1.165, 1.54) is 5.56 Å². The average Bonchev–Trinajstić information content (AvgIpc) is 2.74. The van der Waals surface area contributed by atoms with Gasteiger partial charge in [-0.3, -0.25) is 0 Å². The van der Waals surface area contributed by atoms with Crippen molar-refractivity contribution in [3.8, 4) is 0 Å². The molecule has 0 fully saturated rings. The molecule has 4 heteroatoms. The van der Waals surface area contributed by atoms with Crippen molar-refractivity contribution in [2.75, 3.05) is 0 Å². The Balaban J connectivity index is 1.97. The molecular weight excluding hydrogens is 312 g/mol. The van der Waals surface area contributed by atoms with E-state index in [2.05, 4.69) is 43.8 Å². The molecule has 18 heavy (non-hydrogen) atoms. The third kappa shape index (κ3) is 2.28. The molecule has 0 atom stereocenters. The molecule has 2 heterocycles. The number of rotatable bonds is 2. The van der Waals surface area contributed by atoms with Gasteiger partial charge in [-0.2, -0.15) is 0 Å². The number of halogens is 2. The fraction of sp³-hybridized carbons (Fsp3) is 0.0714. The molecule has 0 aliphatic carbocycles. The van der Waals surface area contributed by atoms with Crippen LogP contribution < -0.4 is 0 Å². The molecule has 2 aromatic heterocycles. The number of fused-ring (bicyclic) bond motifs is 1. The summed E-state index contributed by atoms with van der Waals surface area (Å²) in [6, 6.07) is 12.0. The van der Waals surface area contributed by atoms with Crippen LogP contribution in [-0.4, -0.2) is 9.55 Å². The maximum atomic E-state index is 5.88. The van der Waals surface area contributed by atoms with Crippen LogP contribution in [0.3, 0.4) is 0 Å². The topological polar surface area (TPSA) is 17.8 Å². The molecule has 0 saturated heterocycles. The highest BCUT2D eigenvalue weighted by Gasteiger charge is 2.03. The summed E-state index contributed by atoms with van der Waals surface area (Å²) >= 11 is 9.31. The molecule has 0 radical (unpaired) electrons. The van der Waals surface area contributed by atoms with Crippen LogP contribution in [0.15, 0.2) is 53.3 Å². The molecular formula is C14H10BrClN2. The zero-order valence-electron chi connectivity index (χ0n) is 9.48. The van der Waals surface area contributed by atoms with Gasteiger partial charge in [0.1, 0.15) is 5.65 Å². The van der Waals surface area contributed by atoms with Gasteiger partial charge in [-0.05, 0) is 45.8 Å². The number of hydrogen-bond donors (Lipinski definition) is 0. The van der Waals surface area contributed by atoms with Gasteiger partial charge in [0, 0.05) is 33.8 Å². The minimum atomic E-state index is 0.762. The van der Waals surface area contributed by atoms with Crippen molar-refractivity contribution in [2.45, 2.75) is 6.54 Å². The zero-order chi connectivity index (χ0) is 12.5. The Hall–Kier alpha value is -1.32. The molecule has 0 N–H and O–H groups in total. The van der Waals surface area contributed by atoms with Gasteiger partial charge in [0.15, 0.2) is 0 Å². The molecule has 0 saturated carbocycles. The Bertz CT molecular complexity index is 689. The summed E-state index contributed by atoms with van der Waals surface area (Å²) in [6.07, 6.45) is 3.87. The summed E-state index contributed by atoms with van der Waals surface area (Å²) < 4.78 is 3.13. The summed E-state index contributed by atoms with van der Waals surface area (Å²) in [6.45, 7) is 0.801. The lowest BCUT2D eigenvalue weighted by atomic mass is 10.2. The Morgan fingerprint density at radius 3 is 2.72 bits per heavy atom. The van der Waals surface area contributed by atoms with Crippen LogP contribution in [0.1, 0.15) is 5.56 Å². The first-order valence-corrected chi connectivity index (χ1v) is 6.74. The lowest BCUT2D eigenvalue weighted by Crippen LogP contribution is -1.98. The number of hydrogen-bond acceptors (Lipinski definition) is 1. The first-order valence-electron chi connectivity index (χ1n) is 5.57. The van der Waals surface area contributed by atoms with E-state index in [-0.39, 0.29) is 0 Å². The molecule has 2 nitrogen and oxygen atoms in total. The zero-order valence-corrected chi connectivity index (χ0v) is 11.8. The summed E-state index contributed by atoms with van der Waals surface area (Å²) in [5.41, 5.74) is 2.20. The summed E-state index contributed by atoms with van der Waals surface area (Å²) in [7, 11) is 0. The molecule has 0 aliphatic heterocycles. The van der Waals surface area contributed by atoms with Crippen molar-refractivity contribution in [3.63, 3.8) is 0 Å². The van der Waals surface area contributed by atoms with Crippen LogP contribution in [0.2, 0.25) is 5.02 Å². The second-order valence-corrected chi connectivity index (χ2v) is 5.49. The lowest BCUT2D eigenvalue weighted by molar-refractivity contribution is 0.825. The fourth-order valence-electron chi connectivity index (χ4n) is 1.97. The van der Waals surface area contributed by atoms with Gasteiger partial charge in [-0.15, -0.1) is 0 Å². The molecule has 90 valence electrons. The molecule has 1 aromatic carbocycles. The van der Waals surface area contributed by atoms with Gasteiger partial charge < -0.3 is 4.57 Å². The van der Waals surface area contributed by atoms with Gasteiger partial charge in [0.25, 0.3) is 0 Å². The van der Waals surface area contributed by atoms with Crippen LogP contribution in [0.4, 0.5) is 0 Å². The van der Waals surface area contributed by atoms with Gasteiger partial charge in [-0.1, -0.05) is 23.7 Å². The predicted molar refractivity (Wildman–Crippen MR) is 78.0 cm³/mol. The second-order valence-electron chi connectivity index (χ2n) is 4.14. The van der Waals surface area contributed by atoms with Crippen LogP contribution in [0, 0.1) is 0 Å². The number of aromatic nitrogens is 2. The first-order chi connectivity index (χ1) is 8.72. The standard InChI is InChI=1S/C14H10BrClN2/c15-12-7-11-5-6-18(14(11)17-8-12)9-10-1-3-13(16)4-2-10/h1-8H,9H2. The molecule has 0 amide bonds. The van der Waals surface area contributed by atoms with Gasteiger partial charge in [-0.25, -0.2) is 4.98 Å². The average molecular weight is 322 g/mol. The van der Waals surface area contributed by atoms with E-state index < -0.39 is 0 Å². The second kappa shape index (κ2) is 4.75. The predicted octanol–water partition coefficient (Wildman–Crippen LogP) is 4.50. The normalized spacial score (nSPS) is 11.0. The number of benzene rings is 1. The van der Waals surface area contributed by atoms with Crippen LogP contribution in [0.5, 0.6) is 0 Å². The molecule has 0 spiro atoms. The van der Waals surface area contributed by atoms with Gasteiger partial charge in [0.05, 0.1) is 0 Å². The molecule has 3 rings (SSSR count). The third-order valence-corrected chi connectivity index (χ3v) is 3.52. The van der Waals surface area contributed by atoms with E-state index in [4.69, 9.17) is 11.6 Å². The van der Waals surface area contributed by atoms with Crippen molar-refractivity contribution in [2.24, 2.45) is 0 Å². The summed E-state index contributed by atoms with van der Waals surface area (Å²) in [5, 5.41) is 1.90. The number of nitrogens with zero attached hydrogens (tertiary/aromatic N) is 2. The molecule has 0 aliphatic rings. The molecule has 0 unspecified atom stereocenters. The quantitative estimate of drug-likeness (QED) is 0.679. The van der Waals surface area contributed by atoms with E-state index in [9.17, 15) is 0 Å². The monoisotopic (exact) mass is 320 g/mol. The van der Waals surface area contributed by atoms with Crippen LogP contribution in [-0.2, 0) is 6.54 Å². The summed E-state index contributed by atoms with van der Waals surface area (Å²) in [4.78, 5) is 4.44. The van der Waals surface area contributed by atoms with Crippen molar-refractivity contribution in [1.29, 1.82) is 0 Å². The Morgan fingerprint density at radius 1 is 1.17 bits per heavy atom. The van der Waals surface area contributed by atoms with Crippen molar-refractivity contribution in [1.82, 2.24) is 9.55 Å². The Morgan fingerprint density at radius 2 is 1.94 bits per heavy atom. The minimum absolute atomic E-state index is 0.762. The highest BCUT2D eigenvalue weighted by atomic mass is 79.9. The van der Waals surface area contributed by atoms with E-state index in [0.717, 1.165) is 27.1 Å². The minimum Gasteiger partial charge on any atom is -0.328 e. The highest BCUT2D eigenvalue weighted by Crippen LogP contribution is 2.19. The van der Waals surface area contributed by atoms with E-state index in [0.29, 0.717) is 0 Å². The van der Waals surface area contributed by atoms with Crippen LogP contribution >= 0.6 is 27.5 Å². The lowest BCUT2D eigenvalue weighted by Gasteiger charge is -2.05. The van der Waals surface area contributed by atoms with E-state index >= 15 is 0 Å². The smallest absolute Gasteiger partial charge is 0.140 e. The van der Waals surface area contributed by atoms with Crippen LogP contribution in [0.25, 0.3) is 11.0 Å². The number of pyridine rings is 1. The largest absolute Gasteiger partial charge is 0.328 e. The van der Waals surface area contributed by atoms with Gasteiger partial charge in [0.2, 0.25) is 0 Å². The third-order valence-electron chi connectivity index (χ3n) is 2.83. The molecule has 0 bridgehead atoms. The maximum Gasteiger partial charge on any atom is 0.140 e. The Kier molecular flexibility index (Phi) is 3.10. The Labute approximate surface area is 118 Å². The first kappa shape index (κ1) is 11.8. The highest BCUT2D eigenvalue weighted by molar-refractivity contribution is 9.10. The van der Waals surface area contributed by atoms with E-state index in [1.54, 1.807) is 0 Å². The maximum absolute atomic E-state index is 5.88. The van der Waals surface area contributed by atoms with Crippen molar-refractivity contribution >= 4 is 38.6 Å². The van der Waals surface area contributed by atoms with Gasteiger partial charge >= 0.3 is 0 Å². The summed E-state index contributed by atoms with van der Waals surface area (Å²) in [5.74, 6) is 0. The molecule has 3 aromatic rings. The fourth-order valence-corrected chi connectivity index (χ4v) is 2.44. The van der Waals surface area contributed by atoms with Crippen molar-refractivity contribution in [3.05, 3.63) is 63.9 Å². The SMILES string of the molecule is Clc1ccc(Cn2ccc3cc(Br)cnc32)cc1. The van der Waals surface area contributed by atoms with E-state index in [1.807, 2.05) is 30.5 Å². The van der Waals surface area contributed by atoms with Crippen molar-refractivity contribution < 1.29 is 0 Å².